The number of piperidine rings is 1. The van der Waals surface area contributed by atoms with Gasteiger partial charge < -0.3 is 14.5 Å². The molecule has 3 aliphatic heterocycles. The molecule has 5 nitrogen and oxygen atoms in total. The Bertz CT molecular complexity index is 779. The molecule has 0 saturated carbocycles. The van der Waals surface area contributed by atoms with Gasteiger partial charge >= 0.3 is 0 Å². The SMILES string of the molecule is N#Cc1c(F)cccc1N1CCC([C@H]2CCCCCN2C(=O)C2CCOCC2)CC1. The van der Waals surface area contributed by atoms with Gasteiger partial charge in [-0.25, -0.2) is 4.39 Å². The van der Waals surface area contributed by atoms with E-state index in [1.807, 2.05) is 12.1 Å². The molecule has 3 aliphatic rings. The Kier molecular flexibility index (Phi) is 6.89. The van der Waals surface area contributed by atoms with Crippen LogP contribution in [0.5, 0.6) is 0 Å². The van der Waals surface area contributed by atoms with Crippen molar-refractivity contribution in [3.8, 4) is 6.07 Å². The van der Waals surface area contributed by atoms with Gasteiger partial charge in [-0.2, -0.15) is 5.26 Å². The third-order valence-electron chi connectivity index (χ3n) is 7.18. The average Bonchev–Trinajstić information content (AvgIpc) is 3.05. The largest absolute Gasteiger partial charge is 0.381 e. The molecule has 1 aromatic rings. The van der Waals surface area contributed by atoms with Crippen LogP contribution in [0.15, 0.2) is 18.2 Å². The highest BCUT2D eigenvalue weighted by Gasteiger charge is 2.37. The molecule has 4 rings (SSSR count). The maximum absolute atomic E-state index is 14.0. The van der Waals surface area contributed by atoms with E-state index in [1.165, 1.54) is 18.9 Å². The van der Waals surface area contributed by atoms with Gasteiger partial charge in [0.15, 0.2) is 0 Å². The van der Waals surface area contributed by atoms with E-state index < -0.39 is 5.82 Å². The number of benzene rings is 1. The first-order valence-corrected chi connectivity index (χ1v) is 11.5. The molecule has 6 heteroatoms. The Hall–Kier alpha value is -2.13. The van der Waals surface area contributed by atoms with E-state index >= 15 is 0 Å². The second kappa shape index (κ2) is 9.78. The molecular weight excluding hydrogens is 381 g/mol. The number of halogens is 1. The summed E-state index contributed by atoms with van der Waals surface area (Å²) in [6.07, 6.45) is 8.20. The molecule has 0 aromatic heterocycles. The van der Waals surface area contributed by atoms with Crippen molar-refractivity contribution in [2.45, 2.75) is 57.4 Å². The van der Waals surface area contributed by atoms with E-state index in [-0.39, 0.29) is 11.5 Å². The minimum Gasteiger partial charge on any atom is -0.381 e. The summed E-state index contributed by atoms with van der Waals surface area (Å²) in [5, 5.41) is 9.37. The zero-order valence-electron chi connectivity index (χ0n) is 17.7. The van der Waals surface area contributed by atoms with Gasteiger partial charge in [0.2, 0.25) is 5.91 Å². The van der Waals surface area contributed by atoms with E-state index in [0.717, 1.165) is 58.2 Å². The van der Waals surface area contributed by atoms with Gasteiger partial charge in [-0.15, -0.1) is 0 Å². The van der Waals surface area contributed by atoms with Gasteiger partial charge in [-0.05, 0) is 56.6 Å². The third kappa shape index (κ3) is 4.46. The van der Waals surface area contributed by atoms with Crippen molar-refractivity contribution in [3.05, 3.63) is 29.6 Å². The number of nitriles is 1. The van der Waals surface area contributed by atoms with Gasteiger partial charge in [0.05, 0.1) is 5.69 Å². The Morgan fingerprint density at radius 1 is 1.03 bits per heavy atom. The van der Waals surface area contributed by atoms with Gasteiger partial charge in [-0.3, -0.25) is 4.79 Å². The first kappa shape index (κ1) is 21.1. The molecule has 3 saturated heterocycles. The number of likely N-dealkylation sites (tertiary alicyclic amines) is 1. The lowest BCUT2D eigenvalue weighted by Crippen LogP contribution is -2.50. The van der Waals surface area contributed by atoms with Gasteiger partial charge in [-0.1, -0.05) is 18.9 Å². The van der Waals surface area contributed by atoms with Crippen molar-refractivity contribution in [2.75, 3.05) is 37.7 Å². The second-order valence-corrected chi connectivity index (χ2v) is 8.91. The predicted octanol–water partition coefficient (Wildman–Crippen LogP) is 4.11. The number of amides is 1. The summed E-state index contributed by atoms with van der Waals surface area (Å²) in [4.78, 5) is 17.7. The van der Waals surface area contributed by atoms with Crippen LogP contribution in [0.3, 0.4) is 0 Å². The minimum absolute atomic E-state index is 0.116. The van der Waals surface area contributed by atoms with E-state index in [9.17, 15) is 14.4 Å². The molecule has 0 radical (unpaired) electrons. The average molecular weight is 414 g/mol. The molecule has 0 unspecified atom stereocenters. The number of hydrogen-bond acceptors (Lipinski definition) is 4. The Balaban J connectivity index is 1.45. The number of carbonyl (C=O) groups is 1. The van der Waals surface area contributed by atoms with E-state index in [4.69, 9.17) is 4.74 Å². The summed E-state index contributed by atoms with van der Waals surface area (Å²) in [5.74, 6) is 0.478. The van der Waals surface area contributed by atoms with Crippen molar-refractivity contribution in [1.29, 1.82) is 5.26 Å². The molecule has 0 N–H and O–H groups in total. The fraction of sp³-hybridized carbons (Fsp3) is 0.667. The van der Waals surface area contributed by atoms with Crippen LogP contribution in [0.1, 0.15) is 56.9 Å². The summed E-state index contributed by atoms with van der Waals surface area (Å²) in [5.41, 5.74) is 0.841. The highest BCUT2D eigenvalue weighted by Crippen LogP contribution is 2.34. The molecular formula is C24H32FN3O2. The van der Waals surface area contributed by atoms with Gasteiger partial charge in [0, 0.05) is 44.8 Å². The molecule has 3 fully saturated rings. The van der Waals surface area contributed by atoms with Gasteiger partial charge in [0.25, 0.3) is 0 Å². The maximum atomic E-state index is 14.0. The molecule has 3 heterocycles. The smallest absolute Gasteiger partial charge is 0.226 e. The van der Waals surface area contributed by atoms with Crippen LogP contribution < -0.4 is 4.90 Å². The summed E-state index contributed by atoms with van der Waals surface area (Å²) in [6.45, 7) is 3.88. The number of ether oxygens (including phenoxy) is 1. The van der Waals surface area contributed by atoms with Crippen LogP contribution in [0.25, 0.3) is 0 Å². The van der Waals surface area contributed by atoms with Crippen molar-refractivity contribution >= 4 is 11.6 Å². The van der Waals surface area contributed by atoms with Crippen LogP contribution in [0.4, 0.5) is 10.1 Å². The molecule has 1 amide bonds. The molecule has 1 aromatic carbocycles. The monoisotopic (exact) mass is 413 g/mol. The molecule has 162 valence electrons. The quantitative estimate of drug-likeness (QED) is 0.748. The lowest BCUT2D eigenvalue weighted by molar-refractivity contribution is -0.142. The van der Waals surface area contributed by atoms with E-state index in [1.54, 1.807) is 6.07 Å². The summed E-state index contributed by atoms with van der Waals surface area (Å²) in [7, 11) is 0. The van der Waals surface area contributed by atoms with Crippen molar-refractivity contribution in [2.24, 2.45) is 11.8 Å². The topological polar surface area (TPSA) is 56.6 Å². The zero-order valence-corrected chi connectivity index (χ0v) is 17.7. The summed E-state index contributed by atoms with van der Waals surface area (Å²) < 4.78 is 19.5. The fourth-order valence-electron chi connectivity index (χ4n) is 5.49. The van der Waals surface area contributed by atoms with E-state index in [2.05, 4.69) is 9.80 Å². The van der Waals surface area contributed by atoms with Crippen LogP contribution in [0, 0.1) is 29.0 Å². The normalized spacial score (nSPS) is 24.3. The number of nitrogens with zero attached hydrogens (tertiary/aromatic N) is 3. The second-order valence-electron chi connectivity index (χ2n) is 8.91. The number of carbonyl (C=O) groups excluding carboxylic acids is 1. The highest BCUT2D eigenvalue weighted by atomic mass is 19.1. The minimum atomic E-state index is -0.450. The zero-order chi connectivity index (χ0) is 20.9. The first-order valence-electron chi connectivity index (χ1n) is 11.5. The lowest BCUT2D eigenvalue weighted by atomic mass is 9.85. The van der Waals surface area contributed by atoms with E-state index in [0.29, 0.717) is 36.8 Å². The fourth-order valence-corrected chi connectivity index (χ4v) is 5.49. The van der Waals surface area contributed by atoms with Crippen molar-refractivity contribution < 1.29 is 13.9 Å². The number of anilines is 1. The number of hydrogen-bond donors (Lipinski definition) is 0. The molecule has 30 heavy (non-hydrogen) atoms. The Morgan fingerprint density at radius 2 is 1.80 bits per heavy atom. The van der Waals surface area contributed by atoms with Gasteiger partial charge in [0.1, 0.15) is 17.4 Å². The summed E-state index contributed by atoms with van der Waals surface area (Å²) >= 11 is 0. The molecule has 0 bridgehead atoms. The number of rotatable bonds is 3. The lowest BCUT2D eigenvalue weighted by Gasteiger charge is -2.42. The van der Waals surface area contributed by atoms with Crippen LogP contribution >= 0.6 is 0 Å². The van der Waals surface area contributed by atoms with Crippen LogP contribution in [0.2, 0.25) is 0 Å². The third-order valence-corrected chi connectivity index (χ3v) is 7.18. The van der Waals surface area contributed by atoms with Crippen LogP contribution in [-0.2, 0) is 9.53 Å². The standard InChI is InChI=1S/C24H32FN3O2/c25-21-5-4-7-23(20(21)17-26)27-13-8-18(9-14-27)22-6-2-1-3-12-28(22)24(29)19-10-15-30-16-11-19/h4-5,7,18-19,22H,1-3,6,8-16H2/t22-/m1/s1. The maximum Gasteiger partial charge on any atom is 0.226 e. The van der Waals surface area contributed by atoms with Crippen molar-refractivity contribution in [1.82, 2.24) is 4.90 Å². The molecule has 1 atom stereocenters. The molecule has 0 aliphatic carbocycles. The Labute approximate surface area is 178 Å². The first-order chi connectivity index (χ1) is 14.7. The molecule has 0 spiro atoms. The van der Waals surface area contributed by atoms with Crippen LogP contribution in [-0.4, -0.2) is 49.7 Å². The highest BCUT2D eigenvalue weighted by molar-refractivity contribution is 5.79. The predicted molar refractivity (Wildman–Crippen MR) is 114 cm³/mol. The van der Waals surface area contributed by atoms with Crippen molar-refractivity contribution in [3.63, 3.8) is 0 Å². The Morgan fingerprint density at radius 3 is 2.53 bits per heavy atom. The summed E-state index contributed by atoms with van der Waals surface area (Å²) in [6, 6.07) is 7.20.